The van der Waals surface area contributed by atoms with Gasteiger partial charge in [-0.25, -0.2) is 16.8 Å². The minimum Gasteiger partial charge on any atom is -0.529 e. The molecule has 178 valence electrons. The second-order valence-corrected chi connectivity index (χ2v) is 11.3. The van der Waals surface area contributed by atoms with Crippen LogP contribution in [0, 0.1) is 0 Å². The molecule has 33 heavy (non-hydrogen) atoms. The third-order valence-corrected chi connectivity index (χ3v) is 9.14. The Morgan fingerprint density at radius 3 is 1.27 bits per heavy atom. The summed E-state index contributed by atoms with van der Waals surface area (Å²) in [6, 6.07) is 12.2. The molecule has 4 rings (SSSR count). The molecular weight excluding hydrogens is 471 g/mol. The first kappa shape index (κ1) is 24.0. The Morgan fingerprint density at radius 1 is 0.606 bits per heavy atom. The molecule has 0 saturated carbocycles. The molecule has 2 fully saturated rings. The molecule has 0 N–H and O–H groups in total. The average Bonchev–Trinajstić information content (AvgIpc) is 2.86. The third kappa shape index (κ3) is 5.68. The second-order valence-electron chi connectivity index (χ2n) is 7.38. The van der Waals surface area contributed by atoms with E-state index in [0.717, 1.165) is 0 Å². The van der Waals surface area contributed by atoms with Gasteiger partial charge < -0.3 is 18.8 Å². The zero-order chi connectivity index (χ0) is 23.3. The van der Waals surface area contributed by atoms with E-state index >= 15 is 0 Å². The van der Waals surface area contributed by atoms with Gasteiger partial charge in [-0.15, -0.1) is 0 Å². The average molecular weight is 496 g/mol. The van der Waals surface area contributed by atoms with Gasteiger partial charge in [0.2, 0.25) is 20.0 Å². The number of hydrogen-bond donors (Lipinski definition) is 0. The molecule has 2 saturated heterocycles. The van der Waals surface area contributed by atoms with E-state index in [0.29, 0.717) is 64.1 Å². The van der Waals surface area contributed by atoms with Gasteiger partial charge in [-0.3, -0.25) is 0 Å². The number of morpholine rings is 2. The van der Waals surface area contributed by atoms with Crippen molar-refractivity contribution in [3.63, 3.8) is 0 Å². The van der Waals surface area contributed by atoms with Crippen LogP contribution in [0.15, 0.2) is 58.3 Å². The van der Waals surface area contributed by atoms with Gasteiger partial charge in [0.15, 0.2) is 0 Å². The Bertz CT molecular complexity index is 1040. The van der Waals surface area contributed by atoms with E-state index in [9.17, 15) is 16.8 Å². The molecule has 2 aromatic rings. The molecule has 0 amide bonds. The van der Waals surface area contributed by atoms with Crippen LogP contribution in [-0.2, 0) is 29.5 Å². The van der Waals surface area contributed by atoms with Crippen molar-refractivity contribution >= 4 is 27.7 Å². The van der Waals surface area contributed by atoms with Gasteiger partial charge in [0.1, 0.15) is 11.5 Å². The van der Waals surface area contributed by atoms with Gasteiger partial charge >= 0.3 is 7.69 Å². The van der Waals surface area contributed by atoms with Crippen molar-refractivity contribution in [1.29, 1.82) is 0 Å². The first-order chi connectivity index (χ1) is 15.9. The van der Waals surface area contributed by atoms with E-state index in [2.05, 4.69) is 0 Å². The van der Waals surface area contributed by atoms with Crippen LogP contribution >= 0.6 is 0 Å². The Labute approximate surface area is 194 Å². The molecule has 2 aliphatic rings. The van der Waals surface area contributed by atoms with Crippen LogP contribution in [0.1, 0.15) is 0 Å². The van der Waals surface area contributed by atoms with Crippen LogP contribution in [0.2, 0.25) is 0 Å². The smallest absolute Gasteiger partial charge is 0.529 e. The molecule has 2 heterocycles. The first-order valence-corrected chi connectivity index (χ1v) is 13.4. The second kappa shape index (κ2) is 10.4. The van der Waals surface area contributed by atoms with E-state index in [1.807, 2.05) is 0 Å². The number of benzene rings is 2. The summed E-state index contributed by atoms with van der Waals surface area (Å²) in [5.41, 5.74) is 0. The van der Waals surface area contributed by atoms with E-state index in [1.165, 1.54) is 32.9 Å². The van der Waals surface area contributed by atoms with E-state index < -0.39 is 20.0 Å². The molecule has 0 aromatic heterocycles. The van der Waals surface area contributed by atoms with E-state index in [4.69, 9.17) is 18.8 Å². The van der Waals surface area contributed by atoms with Crippen molar-refractivity contribution in [2.45, 2.75) is 9.79 Å². The number of sulfonamides is 2. The highest BCUT2D eigenvalue weighted by Gasteiger charge is 2.27. The fourth-order valence-corrected chi connectivity index (χ4v) is 6.27. The maximum Gasteiger partial charge on any atom is 0.576 e. The van der Waals surface area contributed by atoms with Gasteiger partial charge in [-0.2, -0.15) is 8.61 Å². The lowest BCUT2D eigenvalue weighted by atomic mass is 10.3. The minimum absolute atomic E-state index is 0.120. The molecule has 0 atom stereocenters. The summed E-state index contributed by atoms with van der Waals surface area (Å²) in [5.74, 6) is 0.893. The fraction of sp³-hybridized carbons (Fsp3) is 0.400. The highest BCUT2D eigenvalue weighted by Crippen LogP contribution is 2.22. The summed E-state index contributed by atoms with van der Waals surface area (Å²) >= 11 is 0. The lowest BCUT2D eigenvalue weighted by Crippen LogP contribution is -2.40. The zero-order valence-electron chi connectivity index (χ0n) is 18.0. The topological polar surface area (TPSA) is 112 Å². The van der Waals surface area contributed by atoms with Crippen LogP contribution < -0.4 is 9.31 Å². The molecule has 13 heteroatoms. The van der Waals surface area contributed by atoms with Crippen LogP contribution in [0.3, 0.4) is 0 Å². The predicted octanol–water partition coefficient (Wildman–Crippen LogP) is 0.453. The quantitative estimate of drug-likeness (QED) is 0.485. The highest BCUT2D eigenvalue weighted by atomic mass is 32.2. The predicted molar refractivity (Wildman–Crippen MR) is 120 cm³/mol. The van der Waals surface area contributed by atoms with Crippen LogP contribution in [0.4, 0.5) is 0 Å². The normalized spacial score (nSPS) is 18.5. The summed E-state index contributed by atoms with van der Waals surface area (Å²) < 4.78 is 74.9. The molecule has 0 aliphatic carbocycles. The van der Waals surface area contributed by atoms with Gasteiger partial charge in [-0.05, 0) is 48.5 Å². The minimum atomic E-state index is -3.56. The van der Waals surface area contributed by atoms with Crippen LogP contribution in [0.5, 0.6) is 11.5 Å². The number of nitrogens with zero attached hydrogens (tertiary/aromatic N) is 2. The Balaban J connectivity index is 1.30. The Morgan fingerprint density at radius 2 is 0.939 bits per heavy atom. The maximum atomic E-state index is 12.6. The van der Waals surface area contributed by atoms with Crippen LogP contribution in [-0.4, -0.2) is 85.7 Å². The summed E-state index contributed by atoms with van der Waals surface area (Å²) in [7, 11) is -7.24. The number of rotatable bonds is 8. The van der Waals surface area contributed by atoms with Gasteiger partial charge in [0.05, 0.1) is 36.2 Å². The molecule has 2 aromatic carbocycles. The molecule has 2 aliphatic heterocycles. The van der Waals surface area contributed by atoms with Crippen molar-refractivity contribution in [1.82, 2.24) is 8.61 Å². The summed E-state index contributed by atoms with van der Waals surface area (Å²) in [5, 5.41) is 0. The Kier molecular flexibility index (Phi) is 7.56. The van der Waals surface area contributed by atoms with Crippen LogP contribution in [0.25, 0.3) is 0 Å². The molecule has 0 bridgehead atoms. The van der Waals surface area contributed by atoms with Gasteiger partial charge in [0.25, 0.3) is 0 Å². The molecule has 0 radical (unpaired) electrons. The van der Waals surface area contributed by atoms with Gasteiger partial charge in [-0.1, -0.05) is 0 Å². The standard InChI is InChI=1S/C20H25BN2O8S2/c24-32(25,22-9-13-28-14-10-22)19-5-1-17(2-6-19)30-21-31-18-3-7-20(8-4-18)33(26,27)23-11-15-29-16-12-23/h1-8,21H,9-16H2. The largest absolute Gasteiger partial charge is 0.576 e. The molecule has 0 spiro atoms. The van der Waals surface area contributed by atoms with Crippen molar-refractivity contribution in [3.8, 4) is 11.5 Å². The highest BCUT2D eigenvalue weighted by molar-refractivity contribution is 7.89. The van der Waals surface area contributed by atoms with Crippen molar-refractivity contribution in [2.24, 2.45) is 0 Å². The number of hydrogen-bond acceptors (Lipinski definition) is 8. The van der Waals surface area contributed by atoms with Gasteiger partial charge in [0, 0.05) is 26.2 Å². The maximum absolute atomic E-state index is 12.6. The molecule has 10 nitrogen and oxygen atoms in total. The fourth-order valence-electron chi connectivity index (χ4n) is 3.45. The molecular formula is C20H25BN2O8S2. The van der Waals surface area contributed by atoms with Crippen molar-refractivity contribution in [2.75, 3.05) is 52.6 Å². The number of ether oxygens (including phenoxy) is 2. The summed E-state index contributed by atoms with van der Waals surface area (Å²) in [6.45, 7) is 2.88. The SMILES string of the molecule is O=S(=O)(c1ccc(OBOc2ccc(S(=O)(=O)N3CCOCC3)cc2)cc1)N1CCOCC1. The first-order valence-electron chi connectivity index (χ1n) is 10.5. The Hall–Kier alpha value is -2.16. The monoisotopic (exact) mass is 496 g/mol. The molecule has 0 unspecified atom stereocenters. The lowest BCUT2D eigenvalue weighted by molar-refractivity contribution is 0.0730. The third-order valence-electron chi connectivity index (χ3n) is 5.31. The van der Waals surface area contributed by atoms with E-state index in [-0.39, 0.29) is 17.5 Å². The van der Waals surface area contributed by atoms with Crippen molar-refractivity contribution in [3.05, 3.63) is 48.5 Å². The van der Waals surface area contributed by atoms with E-state index in [1.54, 1.807) is 24.3 Å². The summed E-state index contributed by atoms with van der Waals surface area (Å²) in [4.78, 5) is 0.379. The lowest BCUT2D eigenvalue weighted by Gasteiger charge is -2.26. The summed E-state index contributed by atoms with van der Waals surface area (Å²) in [6.07, 6.45) is 0. The zero-order valence-corrected chi connectivity index (χ0v) is 19.6. The van der Waals surface area contributed by atoms with Crippen molar-refractivity contribution < 1.29 is 35.6 Å².